The van der Waals surface area contributed by atoms with Crippen molar-refractivity contribution in [2.45, 2.75) is 26.4 Å². The molecular weight excluding hydrogens is 362 g/mol. The van der Waals surface area contributed by atoms with Gasteiger partial charge in [-0.05, 0) is 62.4 Å². The molecule has 0 bridgehead atoms. The molecule has 0 saturated carbocycles. The van der Waals surface area contributed by atoms with Crippen molar-refractivity contribution >= 4 is 29.1 Å². The van der Waals surface area contributed by atoms with Crippen LogP contribution in [0.15, 0.2) is 48.5 Å². The van der Waals surface area contributed by atoms with Gasteiger partial charge in [0.25, 0.3) is 5.91 Å². The van der Waals surface area contributed by atoms with Crippen LogP contribution in [-0.2, 0) is 14.3 Å². The van der Waals surface area contributed by atoms with Gasteiger partial charge in [-0.15, -0.1) is 0 Å². The molecule has 146 valence electrons. The molecule has 0 aromatic heterocycles. The van der Waals surface area contributed by atoms with E-state index in [1.165, 1.54) is 43.5 Å². The zero-order valence-electron chi connectivity index (χ0n) is 15.9. The van der Waals surface area contributed by atoms with Gasteiger partial charge < -0.3 is 14.8 Å². The summed E-state index contributed by atoms with van der Waals surface area (Å²) in [5.41, 5.74) is 0.971. The van der Waals surface area contributed by atoms with Crippen LogP contribution >= 0.6 is 0 Å². The van der Waals surface area contributed by atoms with Crippen LogP contribution in [-0.4, -0.2) is 36.7 Å². The first-order chi connectivity index (χ1) is 13.3. The van der Waals surface area contributed by atoms with Gasteiger partial charge in [0.15, 0.2) is 5.78 Å². The van der Waals surface area contributed by atoms with Crippen molar-refractivity contribution in [3.8, 4) is 5.75 Å². The highest BCUT2D eigenvalue weighted by Gasteiger charge is 2.19. The standard InChI is InChI=1S/C21H21NO6/c1-13(2)28-21(26)15-4-8-16(9-5-15)22-20(25)19(24)12-18(23)14-6-10-17(27-3)11-7-14/h4-11,13H,12H2,1-3H3,(H,22,25). The van der Waals surface area contributed by atoms with Crippen LogP contribution in [0.3, 0.4) is 0 Å². The van der Waals surface area contributed by atoms with Gasteiger partial charge in [-0.2, -0.15) is 0 Å². The summed E-state index contributed by atoms with van der Waals surface area (Å²) in [5.74, 6) is -2.12. The van der Waals surface area contributed by atoms with E-state index in [4.69, 9.17) is 9.47 Å². The van der Waals surface area contributed by atoms with Crippen LogP contribution in [0.1, 0.15) is 41.0 Å². The third-order valence-electron chi connectivity index (χ3n) is 3.71. The molecule has 0 fully saturated rings. The zero-order valence-corrected chi connectivity index (χ0v) is 15.9. The number of hydrogen-bond donors (Lipinski definition) is 1. The fourth-order valence-corrected chi connectivity index (χ4v) is 2.28. The van der Waals surface area contributed by atoms with Crippen LogP contribution in [0.4, 0.5) is 5.69 Å². The van der Waals surface area contributed by atoms with Gasteiger partial charge >= 0.3 is 5.97 Å². The molecule has 0 aliphatic heterocycles. The van der Waals surface area contributed by atoms with Gasteiger partial charge in [-0.1, -0.05) is 0 Å². The highest BCUT2D eigenvalue weighted by atomic mass is 16.5. The van der Waals surface area contributed by atoms with E-state index in [0.29, 0.717) is 22.6 Å². The summed E-state index contributed by atoms with van der Waals surface area (Å²) >= 11 is 0. The average molecular weight is 383 g/mol. The molecule has 2 aromatic carbocycles. The molecule has 0 saturated heterocycles. The minimum absolute atomic E-state index is 0.243. The minimum Gasteiger partial charge on any atom is -0.497 e. The lowest BCUT2D eigenvalue weighted by Gasteiger charge is -2.09. The summed E-state index contributed by atoms with van der Waals surface area (Å²) in [6, 6.07) is 12.2. The van der Waals surface area contributed by atoms with Crippen LogP contribution in [0.5, 0.6) is 5.75 Å². The van der Waals surface area contributed by atoms with Crippen molar-refractivity contribution in [3.05, 3.63) is 59.7 Å². The van der Waals surface area contributed by atoms with E-state index in [2.05, 4.69) is 5.32 Å². The smallest absolute Gasteiger partial charge is 0.338 e. The molecule has 7 nitrogen and oxygen atoms in total. The Balaban J connectivity index is 1.93. The number of anilines is 1. The molecule has 2 aromatic rings. The molecule has 7 heteroatoms. The molecule has 0 atom stereocenters. The number of ether oxygens (including phenoxy) is 2. The highest BCUT2D eigenvalue weighted by molar-refractivity contribution is 6.44. The Labute approximate surface area is 162 Å². The van der Waals surface area contributed by atoms with Gasteiger partial charge in [0.2, 0.25) is 5.78 Å². The molecule has 0 unspecified atom stereocenters. The van der Waals surface area contributed by atoms with Gasteiger partial charge in [-0.25, -0.2) is 4.79 Å². The van der Waals surface area contributed by atoms with Crippen molar-refractivity contribution < 1.29 is 28.7 Å². The second kappa shape index (κ2) is 9.45. The largest absolute Gasteiger partial charge is 0.497 e. The number of Topliss-reactive ketones (excluding diaryl/α,β-unsaturated/α-hetero) is 2. The average Bonchev–Trinajstić information content (AvgIpc) is 2.67. The molecule has 0 spiro atoms. The molecule has 0 heterocycles. The van der Waals surface area contributed by atoms with Crippen molar-refractivity contribution in [2.75, 3.05) is 12.4 Å². The van der Waals surface area contributed by atoms with Crippen molar-refractivity contribution in [1.29, 1.82) is 0 Å². The van der Waals surface area contributed by atoms with Gasteiger partial charge in [0.1, 0.15) is 5.75 Å². The highest BCUT2D eigenvalue weighted by Crippen LogP contribution is 2.14. The predicted molar refractivity (Wildman–Crippen MR) is 103 cm³/mol. The lowest BCUT2D eigenvalue weighted by molar-refractivity contribution is -0.134. The molecule has 0 aliphatic carbocycles. The van der Waals surface area contributed by atoms with Crippen LogP contribution in [0.2, 0.25) is 0 Å². The number of esters is 1. The van der Waals surface area contributed by atoms with Gasteiger partial charge in [-0.3, -0.25) is 14.4 Å². The minimum atomic E-state index is -0.903. The topological polar surface area (TPSA) is 98.8 Å². The van der Waals surface area contributed by atoms with Crippen LogP contribution in [0, 0.1) is 0 Å². The van der Waals surface area contributed by atoms with E-state index < -0.39 is 29.9 Å². The number of nitrogens with one attached hydrogen (secondary N) is 1. The SMILES string of the molecule is COc1ccc(C(=O)CC(=O)C(=O)Nc2ccc(C(=O)OC(C)C)cc2)cc1. The molecule has 0 radical (unpaired) electrons. The summed E-state index contributed by atoms with van der Waals surface area (Å²) in [7, 11) is 1.50. The lowest BCUT2D eigenvalue weighted by Crippen LogP contribution is -2.25. The number of rotatable bonds is 8. The molecule has 2 rings (SSSR count). The molecule has 1 amide bonds. The number of hydrogen-bond acceptors (Lipinski definition) is 6. The maximum Gasteiger partial charge on any atom is 0.338 e. The Kier molecular flexibility index (Phi) is 7.03. The summed E-state index contributed by atoms with van der Waals surface area (Å²) in [5, 5.41) is 2.41. The van der Waals surface area contributed by atoms with Gasteiger partial charge in [0.05, 0.1) is 25.2 Å². The number of carbonyl (C=O) groups is 4. The zero-order chi connectivity index (χ0) is 20.7. The van der Waals surface area contributed by atoms with Crippen molar-refractivity contribution in [2.24, 2.45) is 0 Å². The van der Waals surface area contributed by atoms with Crippen molar-refractivity contribution in [3.63, 3.8) is 0 Å². The van der Waals surface area contributed by atoms with E-state index in [1.54, 1.807) is 26.0 Å². The first-order valence-electron chi connectivity index (χ1n) is 8.62. The summed E-state index contributed by atoms with van der Waals surface area (Å²) in [6.45, 7) is 3.48. The number of methoxy groups -OCH3 is 1. The van der Waals surface area contributed by atoms with Crippen molar-refractivity contribution in [1.82, 2.24) is 0 Å². The maximum absolute atomic E-state index is 12.1. The maximum atomic E-state index is 12.1. The quantitative estimate of drug-likeness (QED) is 0.326. The Morgan fingerprint density at radius 1 is 0.893 bits per heavy atom. The first kappa shape index (κ1) is 20.8. The second-order valence-corrected chi connectivity index (χ2v) is 6.24. The number of ketones is 2. The molecule has 0 aliphatic rings. The lowest BCUT2D eigenvalue weighted by atomic mass is 10.1. The third kappa shape index (κ3) is 5.77. The summed E-state index contributed by atoms with van der Waals surface area (Å²) < 4.78 is 10.1. The second-order valence-electron chi connectivity index (χ2n) is 6.24. The molecule has 1 N–H and O–H groups in total. The normalized spacial score (nSPS) is 10.3. The number of carbonyl (C=O) groups excluding carboxylic acids is 4. The molecule has 28 heavy (non-hydrogen) atoms. The Hall–Kier alpha value is -3.48. The number of benzene rings is 2. The Morgan fingerprint density at radius 2 is 1.46 bits per heavy atom. The monoisotopic (exact) mass is 383 g/mol. The van der Waals surface area contributed by atoms with Crippen LogP contribution < -0.4 is 10.1 Å². The fraction of sp³-hybridized carbons (Fsp3) is 0.238. The fourth-order valence-electron chi connectivity index (χ4n) is 2.28. The summed E-state index contributed by atoms with van der Waals surface area (Å²) in [6.07, 6.45) is -0.788. The van der Waals surface area contributed by atoms with E-state index in [-0.39, 0.29) is 6.10 Å². The van der Waals surface area contributed by atoms with E-state index in [9.17, 15) is 19.2 Å². The Morgan fingerprint density at radius 3 is 2.00 bits per heavy atom. The van der Waals surface area contributed by atoms with E-state index in [0.717, 1.165) is 0 Å². The predicted octanol–water partition coefficient (Wildman–Crippen LogP) is 3.04. The Bertz CT molecular complexity index is 869. The molecular formula is C21H21NO6. The number of amides is 1. The van der Waals surface area contributed by atoms with Gasteiger partial charge in [0, 0.05) is 11.3 Å². The van der Waals surface area contributed by atoms with Crippen LogP contribution in [0.25, 0.3) is 0 Å². The summed E-state index contributed by atoms with van der Waals surface area (Å²) in [4.78, 5) is 47.9. The third-order valence-corrected chi connectivity index (χ3v) is 3.71. The van der Waals surface area contributed by atoms with E-state index in [1.807, 2.05) is 0 Å². The first-order valence-corrected chi connectivity index (χ1v) is 8.62. The van der Waals surface area contributed by atoms with E-state index >= 15 is 0 Å².